The van der Waals surface area contributed by atoms with Gasteiger partial charge in [0.2, 0.25) is 0 Å². The van der Waals surface area contributed by atoms with Gasteiger partial charge in [0.15, 0.2) is 0 Å². The Bertz CT molecular complexity index is 2150. The van der Waals surface area contributed by atoms with E-state index in [1.165, 1.54) is 24.3 Å². The zero-order valence-electron chi connectivity index (χ0n) is 32.6. The Morgan fingerprint density at radius 2 is 1.67 bits per heavy atom. The Balaban J connectivity index is 0.000000221. The molecule has 0 aliphatic heterocycles. The average Bonchev–Trinajstić information content (AvgIpc) is 3.40. The van der Waals surface area contributed by atoms with E-state index in [1.54, 1.807) is 6.07 Å². The molecule has 0 bridgehead atoms. The summed E-state index contributed by atoms with van der Waals surface area (Å²) in [5.41, 5.74) is 1.68. The smallest absolute Gasteiger partial charge is 0.120 e. The molecular weight excluding hydrogens is 621 g/mol. The van der Waals surface area contributed by atoms with Gasteiger partial charge in [-0.25, -0.2) is 0 Å². The van der Waals surface area contributed by atoms with E-state index in [-0.39, 0.29) is 65.8 Å². The largest absolute Gasteiger partial charge is 0.501 e. The van der Waals surface area contributed by atoms with Gasteiger partial charge in [0.1, 0.15) is 5.58 Å². The van der Waals surface area contributed by atoms with Gasteiger partial charge in [-0.15, -0.1) is 53.6 Å². The number of para-hydroxylation sites is 1. The summed E-state index contributed by atoms with van der Waals surface area (Å²) in [6.45, 7) is -9.95. The van der Waals surface area contributed by atoms with E-state index in [9.17, 15) is 0 Å². The topological polar surface area (TPSA) is 38.9 Å². The normalized spacial score (nSPS) is 17.7. The number of aryl methyl sites for hydroxylation is 4. The molecule has 3 heterocycles. The van der Waals surface area contributed by atoms with Crippen LogP contribution >= 0.6 is 0 Å². The van der Waals surface area contributed by atoms with E-state index in [0.29, 0.717) is 22.3 Å². The van der Waals surface area contributed by atoms with Crippen LogP contribution in [0.3, 0.4) is 0 Å². The van der Waals surface area contributed by atoms with Crippen LogP contribution in [0.4, 0.5) is 0 Å². The number of fused-ring (bicyclic) bond motifs is 3. The van der Waals surface area contributed by atoms with Crippen LogP contribution in [-0.2, 0) is 20.1 Å². The molecule has 0 aliphatic rings. The van der Waals surface area contributed by atoms with Crippen LogP contribution < -0.4 is 0 Å². The molecule has 0 atom stereocenters. The first-order chi connectivity index (χ1) is 22.7. The Labute approximate surface area is 245 Å². The van der Waals surface area contributed by atoms with E-state index in [2.05, 4.69) is 22.1 Å². The molecule has 0 N–H and O–H groups in total. The summed E-state index contributed by atoms with van der Waals surface area (Å²) in [7, 11) is 0. The fourth-order valence-corrected chi connectivity index (χ4v) is 3.50. The van der Waals surface area contributed by atoms with Gasteiger partial charge in [-0.3, -0.25) is 0 Å². The Kier molecular flexibility index (Phi) is 4.00. The number of aromatic nitrogens is 2. The number of furan rings is 1. The van der Waals surface area contributed by atoms with Gasteiger partial charge in [0.25, 0.3) is 0 Å². The minimum Gasteiger partial charge on any atom is -0.501 e. The van der Waals surface area contributed by atoms with E-state index in [1.807, 2.05) is 30.3 Å². The summed E-state index contributed by atoms with van der Waals surface area (Å²) in [5, 5.41) is 1.79. The molecule has 181 valence electrons. The average molecular weight is 661 g/mol. The third-order valence-corrected chi connectivity index (χ3v) is 5.21. The molecule has 0 unspecified atom stereocenters. The predicted octanol–water partition coefficient (Wildman–Crippen LogP) is 8.23. The number of benzene rings is 3. The van der Waals surface area contributed by atoms with Gasteiger partial charge in [0.05, 0.1) is 8.32 Å². The summed E-state index contributed by atoms with van der Waals surface area (Å²) in [5.74, 6) is 0. The van der Waals surface area contributed by atoms with E-state index >= 15 is 0 Å². The van der Waals surface area contributed by atoms with Crippen molar-refractivity contribution >= 4 is 21.9 Å². The van der Waals surface area contributed by atoms with Gasteiger partial charge in [-0.1, -0.05) is 59.7 Å². The van der Waals surface area contributed by atoms with Crippen molar-refractivity contribution in [2.24, 2.45) is 0 Å². The number of rotatable bonds is 2. The summed E-state index contributed by atoms with van der Waals surface area (Å²) in [4.78, 5) is 8.14. The fourth-order valence-electron chi connectivity index (χ4n) is 3.50. The van der Waals surface area contributed by atoms with Crippen LogP contribution in [0.2, 0.25) is 0 Å². The standard InChI is InChI=1S/C18H12NO.C14H14N.Ir/c1-12-9-10-16(19-11-12)15-7-4-6-14-13-5-2-3-8-17(13)20-18(14)15;1-10-4-6-13(7-5-10)14-8-11(2)12(3)9-15-14;/h2-6,8-11H,1H3;4-6,8-9H,1-3H3;/q2*-1;/i1D3,9D,10D;1D3,2D3,3D3;. The monoisotopic (exact) mass is 661 g/mol. The van der Waals surface area contributed by atoms with Gasteiger partial charge >= 0.3 is 0 Å². The second-order valence-electron chi connectivity index (χ2n) is 7.57. The van der Waals surface area contributed by atoms with E-state index < -0.39 is 27.4 Å². The number of hydrogen-bond donors (Lipinski definition) is 0. The molecular formula is C32H26IrN2O-2. The molecule has 3 aromatic carbocycles. The number of hydrogen-bond acceptors (Lipinski definition) is 3. The van der Waals surface area contributed by atoms with Crippen LogP contribution in [-0.4, -0.2) is 9.97 Å². The molecule has 0 spiro atoms. The van der Waals surface area contributed by atoms with Gasteiger partial charge in [-0.05, 0) is 49.1 Å². The maximum absolute atomic E-state index is 8.20. The first-order valence-electron chi connectivity index (χ1n) is 17.5. The Morgan fingerprint density at radius 1 is 0.806 bits per heavy atom. The second kappa shape index (κ2) is 11.0. The van der Waals surface area contributed by atoms with Gasteiger partial charge in [0, 0.05) is 54.3 Å². The molecule has 0 amide bonds. The molecule has 6 rings (SSSR count). The molecule has 6 aromatic rings. The predicted molar refractivity (Wildman–Crippen MR) is 143 cm³/mol. The quantitative estimate of drug-likeness (QED) is 0.176. The third-order valence-electron chi connectivity index (χ3n) is 5.21. The summed E-state index contributed by atoms with van der Waals surface area (Å²) < 4.78 is 111. The molecule has 36 heavy (non-hydrogen) atoms. The first kappa shape index (κ1) is 13.1. The maximum atomic E-state index is 8.20. The van der Waals surface area contributed by atoms with Crippen LogP contribution in [0, 0.1) is 39.5 Å². The van der Waals surface area contributed by atoms with Crippen molar-refractivity contribution in [3.8, 4) is 22.5 Å². The molecule has 0 saturated heterocycles. The SMILES string of the molecule is [2H]C([2H])([2H])c1c[c-]c(-c2cc(C([2H])([2H])[2H])c(C([2H])([2H])[2H])cn2)cc1.[2H]c1c(C([2H])([2H])[2H])cnc(-c2[c-]ccc3c2oc2ccccc23)c1[2H].[Ir]. The van der Waals surface area contributed by atoms with Crippen LogP contribution in [0.5, 0.6) is 0 Å². The molecule has 0 fully saturated rings. The fraction of sp³-hybridized carbons (Fsp3) is 0.125. The maximum Gasteiger partial charge on any atom is 0.120 e. The van der Waals surface area contributed by atoms with Crippen LogP contribution in [0.1, 0.15) is 41.4 Å². The van der Waals surface area contributed by atoms with E-state index in [0.717, 1.165) is 23.2 Å². The Morgan fingerprint density at radius 3 is 2.47 bits per heavy atom. The van der Waals surface area contributed by atoms with Crippen LogP contribution in [0.25, 0.3) is 44.5 Å². The molecule has 1 radical (unpaired) electrons. The van der Waals surface area contributed by atoms with Crippen molar-refractivity contribution in [1.29, 1.82) is 0 Å². The van der Waals surface area contributed by atoms with Crippen molar-refractivity contribution in [3.05, 3.63) is 120 Å². The molecule has 0 aliphatic carbocycles. The van der Waals surface area contributed by atoms with Crippen molar-refractivity contribution in [3.63, 3.8) is 0 Å². The molecule has 3 aromatic heterocycles. The van der Waals surface area contributed by atoms with Crippen LogP contribution in [0.15, 0.2) is 89.6 Å². The minimum absolute atomic E-state index is 0. The number of nitrogens with zero attached hydrogens (tertiary/aromatic N) is 2. The third kappa shape index (κ3) is 5.31. The van der Waals surface area contributed by atoms with E-state index in [4.69, 9.17) is 23.6 Å². The molecule has 4 heteroatoms. The van der Waals surface area contributed by atoms with Crippen molar-refractivity contribution in [2.75, 3.05) is 0 Å². The van der Waals surface area contributed by atoms with Crippen molar-refractivity contribution in [2.45, 2.75) is 27.4 Å². The van der Waals surface area contributed by atoms with Gasteiger partial charge < -0.3 is 14.4 Å². The number of pyridine rings is 2. The summed E-state index contributed by atoms with van der Waals surface area (Å²) in [6.07, 6.45) is 2.16. The Hall–Kier alpha value is -3.59. The zero-order valence-corrected chi connectivity index (χ0v) is 21.0. The summed E-state index contributed by atoms with van der Waals surface area (Å²) >= 11 is 0. The molecule has 0 saturated carbocycles. The molecule has 3 nitrogen and oxygen atoms in total. The summed E-state index contributed by atoms with van der Waals surface area (Å²) in [6, 6.07) is 21.6. The first-order valence-corrected chi connectivity index (χ1v) is 10.5. The van der Waals surface area contributed by atoms with Crippen molar-refractivity contribution in [1.82, 2.24) is 9.97 Å². The van der Waals surface area contributed by atoms with Crippen molar-refractivity contribution < 1.29 is 43.7 Å². The minimum atomic E-state index is -2.61. The van der Waals surface area contributed by atoms with Gasteiger partial charge in [-0.2, -0.15) is 0 Å². The second-order valence-corrected chi connectivity index (χ2v) is 7.57. The zero-order chi connectivity index (χ0) is 36.1.